The molecular formula is C28H18BrF3N2O3. The SMILES string of the molecule is O=C(c1ccc(Br)cc1)[C@H]1[C@H]2C(=O)N(c3cccc(C(F)(F)F)c3)C(=O)[C@H]2[C@@H]2c3ccccc3C=CN12. The molecule has 0 N–H and O–H groups in total. The van der Waals surface area contributed by atoms with Crippen LogP contribution in [-0.4, -0.2) is 28.5 Å². The van der Waals surface area contributed by atoms with Gasteiger partial charge in [-0.1, -0.05) is 58.4 Å². The van der Waals surface area contributed by atoms with Gasteiger partial charge in [0.1, 0.15) is 6.04 Å². The van der Waals surface area contributed by atoms with Crippen LogP contribution in [-0.2, 0) is 15.8 Å². The number of benzene rings is 3. The number of imide groups is 1. The topological polar surface area (TPSA) is 57.7 Å². The van der Waals surface area contributed by atoms with Crippen LogP contribution in [0, 0.1) is 11.8 Å². The second kappa shape index (κ2) is 8.41. The number of anilines is 1. The lowest BCUT2D eigenvalue weighted by atomic mass is 9.83. The molecule has 0 aliphatic carbocycles. The molecule has 37 heavy (non-hydrogen) atoms. The molecule has 0 bridgehead atoms. The van der Waals surface area contributed by atoms with Gasteiger partial charge >= 0.3 is 6.18 Å². The highest BCUT2D eigenvalue weighted by atomic mass is 79.9. The number of Topliss-reactive ketones (excluding diaryl/α,β-unsaturated/α-hetero) is 1. The molecule has 3 aliphatic heterocycles. The minimum atomic E-state index is -4.64. The quantitative estimate of drug-likeness (QED) is 0.294. The molecule has 2 fully saturated rings. The summed E-state index contributed by atoms with van der Waals surface area (Å²) in [5.41, 5.74) is 0.908. The summed E-state index contributed by atoms with van der Waals surface area (Å²) in [7, 11) is 0. The number of ketones is 1. The van der Waals surface area contributed by atoms with Crippen LogP contribution in [0.4, 0.5) is 18.9 Å². The number of amides is 2. The number of carbonyl (C=O) groups excluding carboxylic acids is 3. The van der Waals surface area contributed by atoms with Gasteiger partial charge < -0.3 is 4.90 Å². The standard InChI is InChI=1S/C28H18BrF3N2O3/c29-18-10-8-16(9-11-18)25(35)24-22-21(23-20-7-2-1-4-15(20)12-13-33(23)24)26(36)34(27(22)37)19-6-3-5-17(14-19)28(30,31)32/h1-14,21-24H/t21-,22+,23+,24-/m1/s1. The van der Waals surface area contributed by atoms with Gasteiger partial charge in [0.2, 0.25) is 11.8 Å². The molecule has 0 saturated carbocycles. The lowest BCUT2D eigenvalue weighted by molar-refractivity contribution is -0.137. The summed E-state index contributed by atoms with van der Waals surface area (Å²) >= 11 is 3.35. The van der Waals surface area contributed by atoms with Crippen molar-refractivity contribution in [2.45, 2.75) is 18.3 Å². The van der Waals surface area contributed by atoms with Crippen molar-refractivity contribution in [3.8, 4) is 0 Å². The monoisotopic (exact) mass is 566 g/mol. The van der Waals surface area contributed by atoms with Crippen LogP contribution in [0.2, 0.25) is 0 Å². The zero-order chi connectivity index (χ0) is 26.1. The first-order chi connectivity index (χ1) is 17.7. The van der Waals surface area contributed by atoms with Gasteiger partial charge in [0, 0.05) is 16.2 Å². The Morgan fingerprint density at radius 3 is 2.30 bits per heavy atom. The number of carbonyl (C=O) groups is 3. The van der Waals surface area contributed by atoms with Crippen LogP contribution < -0.4 is 4.90 Å². The molecule has 6 rings (SSSR count). The number of alkyl halides is 3. The molecule has 3 aromatic rings. The fourth-order valence-corrected chi connectivity index (χ4v) is 5.98. The summed E-state index contributed by atoms with van der Waals surface area (Å²) in [5.74, 6) is -3.61. The third-order valence-corrected chi connectivity index (χ3v) is 7.82. The molecule has 5 nitrogen and oxygen atoms in total. The van der Waals surface area contributed by atoms with Crippen molar-refractivity contribution in [2.75, 3.05) is 4.90 Å². The third-order valence-electron chi connectivity index (χ3n) is 7.29. The van der Waals surface area contributed by atoms with E-state index in [2.05, 4.69) is 15.9 Å². The van der Waals surface area contributed by atoms with Crippen molar-refractivity contribution in [2.24, 2.45) is 11.8 Å². The summed E-state index contributed by atoms with van der Waals surface area (Å²) in [6.45, 7) is 0. The molecule has 4 atom stereocenters. The summed E-state index contributed by atoms with van der Waals surface area (Å²) in [6, 6.07) is 16.7. The largest absolute Gasteiger partial charge is 0.416 e. The van der Waals surface area contributed by atoms with Crippen molar-refractivity contribution in [1.29, 1.82) is 0 Å². The maximum Gasteiger partial charge on any atom is 0.416 e. The maximum absolute atomic E-state index is 13.8. The Hall–Kier alpha value is -3.72. The highest BCUT2D eigenvalue weighted by Crippen LogP contribution is 2.53. The normalized spacial score (nSPS) is 24.2. The zero-order valence-electron chi connectivity index (χ0n) is 19.0. The number of hydrogen-bond donors (Lipinski definition) is 0. The lowest BCUT2D eigenvalue weighted by Crippen LogP contribution is -2.44. The van der Waals surface area contributed by atoms with E-state index >= 15 is 0 Å². The number of hydrogen-bond acceptors (Lipinski definition) is 4. The highest BCUT2D eigenvalue weighted by Gasteiger charge is 2.64. The highest BCUT2D eigenvalue weighted by molar-refractivity contribution is 9.10. The van der Waals surface area contributed by atoms with Crippen LogP contribution >= 0.6 is 15.9 Å². The molecule has 186 valence electrons. The summed E-state index contributed by atoms with van der Waals surface area (Å²) in [4.78, 5) is 44.1. The third kappa shape index (κ3) is 3.63. The van der Waals surface area contributed by atoms with Crippen LogP contribution in [0.1, 0.15) is 33.1 Å². The van der Waals surface area contributed by atoms with E-state index in [0.717, 1.165) is 32.6 Å². The van der Waals surface area contributed by atoms with Gasteiger partial charge in [-0.05, 0) is 47.5 Å². The molecule has 9 heteroatoms. The first kappa shape index (κ1) is 23.7. The minimum absolute atomic E-state index is 0.153. The Labute approximate surface area is 218 Å². The van der Waals surface area contributed by atoms with E-state index in [0.29, 0.717) is 5.56 Å². The van der Waals surface area contributed by atoms with Crippen molar-refractivity contribution in [3.05, 3.63) is 106 Å². The van der Waals surface area contributed by atoms with Gasteiger partial charge in [-0.15, -0.1) is 0 Å². The predicted molar refractivity (Wildman–Crippen MR) is 133 cm³/mol. The van der Waals surface area contributed by atoms with Crippen molar-refractivity contribution >= 4 is 45.3 Å². The average molecular weight is 567 g/mol. The fourth-order valence-electron chi connectivity index (χ4n) is 5.72. The number of fused-ring (bicyclic) bond motifs is 5. The Kier molecular flexibility index (Phi) is 5.38. The zero-order valence-corrected chi connectivity index (χ0v) is 20.6. The molecule has 2 amide bonds. The van der Waals surface area contributed by atoms with E-state index in [1.165, 1.54) is 12.1 Å². The van der Waals surface area contributed by atoms with Crippen LogP contribution in [0.15, 0.2) is 83.5 Å². The molecule has 3 heterocycles. The first-order valence-electron chi connectivity index (χ1n) is 11.6. The summed E-state index contributed by atoms with van der Waals surface area (Å²) in [5, 5.41) is 0. The van der Waals surface area contributed by atoms with E-state index in [1.54, 1.807) is 35.4 Å². The van der Waals surface area contributed by atoms with Crippen molar-refractivity contribution < 1.29 is 27.6 Å². The first-order valence-corrected chi connectivity index (χ1v) is 12.4. The van der Waals surface area contributed by atoms with E-state index < -0.39 is 47.5 Å². The Balaban J connectivity index is 1.48. The number of rotatable bonds is 3. The van der Waals surface area contributed by atoms with E-state index in [4.69, 9.17) is 0 Å². The molecule has 3 aliphatic rings. The van der Waals surface area contributed by atoms with E-state index in [1.807, 2.05) is 30.3 Å². The molecule has 0 unspecified atom stereocenters. The van der Waals surface area contributed by atoms with Gasteiger partial charge in [-0.2, -0.15) is 13.2 Å². The maximum atomic E-state index is 13.8. The Morgan fingerprint density at radius 2 is 1.57 bits per heavy atom. The van der Waals surface area contributed by atoms with Gasteiger partial charge in [-0.25, -0.2) is 4.90 Å². The molecule has 0 spiro atoms. The molecule has 0 aromatic heterocycles. The van der Waals surface area contributed by atoms with Crippen molar-refractivity contribution in [3.63, 3.8) is 0 Å². The molecule has 0 radical (unpaired) electrons. The average Bonchev–Trinajstić information content (AvgIpc) is 3.36. The molecule has 2 saturated heterocycles. The lowest BCUT2D eigenvalue weighted by Gasteiger charge is -2.35. The Bertz CT molecular complexity index is 1480. The van der Waals surface area contributed by atoms with Gasteiger partial charge in [0.15, 0.2) is 5.78 Å². The summed E-state index contributed by atoms with van der Waals surface area (Å²) < 4.78 is 41.0. The minimum Gasteiger partial charge on any atom is -0.358 e. The Morgan fingerprint density at radius 1 is 0.865 bits per heavy atom. The smallest absolute Gasteiger partial charge is 0.358 e. The van der Waals surface area contributed by atoms with Gasteiger partial charge in [0.25, 0.3) is 0 Å². The second-order valence-corrected chi connectivity index (χ2v) is 10.2. The van der Waals surface area contributed by atoms with E-state index in [-0.39, 0.29) is 11.5 Å². The van der Waals surface area contributed by atoms with Crippen LogP contribution in [0.5, 0.6) is 0 Å². The van der Waals surface area contributed by atoms with Gasteiger partial charge in [0.05, 0.1) is 29.1 Å². The van der Waals surface area contributed by atoms with Crippen LogP contribution in [0.25, 0.3) is 6.08 Å². The fraction of sp³-hybridized carbons (Fsp3) is 0.179. The summed E-state index contributed by atoms with van der Waals surface area (Å²) in [6.07, 6.45) is -1.06. The van der Waals surface area contributed by atoms with Gasteiger partial charge in [-0.3, -0.25) is 14.4 Å². The van der Waals surface area contributed by atoms with Crippen LogP contribution in [0.3, 0.4) is 0 Å². The van der Waals surface area contributed by atoms with Crippen molar-refractivity contribution in [1.82, 2.24) is 4.90 Å². The number of halogens is 4. The second-order valence-electron chi connectivity index (χ2n) is 9.26. The number of nitrogens with zero attached hydrogens (tertiary/aromatic N) is 2. The molecule has 3 aromatic carbocycles. The predicted octanol–water partition coefficient (Wildman–Crippen LogP) is 5.87. The van der Waals surface area contributed by atoms with E-state index in [9.17, 15) is 27.6 Å². The molecular weight excluding hydrogens is 549 g/mol.